The van der Waals surface area contributed by atoms with Gasteiger partial charge in [0.25, 0.3) is 0 Å². The maximum atomic E-state index is 4.41. The van der Waals surface area contributed by atoms with E-state index in [0.717, 1.165) is 25.4 Å². The molecule has 0 aliphatic carbocycles. The standard InChI is InChI=1S/C14H26N4/c1-10(2)7-18(11(3)4)8-12-5-13-14(6-15-12)17-9-16-13/h9-12,15H,5-8H2,1-4H3,(H,16,17). The molecule has 4 nitrogen and oxygen atoms in total. The molecule has 0 aromatic carbocycles. The Morgan fingerprint density at radius 1 is 1.39 bits per heavy atom. The van der Waals surface area contributed by atoms with E-state index in [0.29, 0.717) is 12.1 Å². The largest absolute Gasteiger partial charge is 0.347 e. The van der Waals surface area contributed by atoms with Crippen LogP contribution in [-0.4, -0.2) is 40.0 Å². The Balaban J connectivity index is 1.92. The number of imidazole rings is 1. The maximum Gasteiger partial charge on any atom is 0.0925 e. The summed E-state index contributed by atoms with van der Waals surface area (Å²) in [5.41, 5.74) is 2.50. The maximum absolute atomic E-state index is 4.41. The average molecular weight is 250 g/mol. The highest BCUT2D eigenvalue weighted by molar-refractivity contribution is 5.16. The molecule has 0 saturated heterocycles. The van der Waals surface area contributed by atoms with E-state index in [-0.39, 0.29) is 0 Å². The molecule has 102 valence electrons. The molecule has 1 aromatic rings. The molecule has 0 saturated carbocycles. The lowest BCUT2D eigenvalue weighted by molar-refractivity contribution is 0.173. The highest BCUT2D eigenvalue weighted by Gasteiger charge is 2.23. The third-order valence-electron chi connectivity index (χ3n) is 3.60. The Hall–Kier alpha value is -0.870. The molecule has 1 atom stereocenters. The predicted molar refractivity (Wildman–Crippen MR) is 74.5 cm³/mol. The van der Waals surface area contributed by atoms with Crippen molar-refractivity contribution in [1.29, 1.82) is 0 Å². The fourth-order valence-electron chi connectivity index (χ4n) is 2.61. The Bertz CT molecular complexity index is 370. The molecule has 1 aliphatic heterocycles. The molecule has 2 rings (SSSR count). The summed E-state index contributed by atoms with van der Waals surface area (Å²) in [6.45, 7) is 12.3. The van der Waals surface area contributed by atoms with Crippen molar-refractivity contribution in [2.45, 2.75) is 52.7 Å². The molecule has 1 unspecified atom stereocenters. The monoisotopic (exact) mass is 250 g/mol. The van der Waals surface area contributed by atoms with Gasteiger partial charge in [0, 0.05) is 38.1 Å². The van der Waals surface area contributed by atoms with Gasteiger partial charge in [-0.2, -0.15) is 0 Å². The van der Waals surface area contributed by atoms with Crippen LogP contribution >= 0.6 is 0 Å². The van der Waals surface area contributed by atoms with E-state index >= 15 is 0 Å². The van der Waals surface area contributed by atoms with Crippen LogP contribution in [0, 0.1) is 5.92 Å². The third kappa shape index (κ3) is 3.33. The summed E-state index contributed by atoms with van der Waals surface area (Å²) >= 11 is 0. The molecule has 1 aromatic heterocycles. The van der Waals surface area contributed by atoms with E-state index in [1.807, 2.05) is 6.33 Å². The second kappa shape index (κ2) is 5.85. The van der Waals surface area contributed by atoms with Crippen LogP contribution in [0.4, 0.5) is 0 Å². The predicted octanol–water partition coefficient (Wildman–Crippen LogP) is 1.79. The molecule has 2 N–H and O–H groups in total. The summed E-state index contributed by atoms with van der Waals surface area (Å²) in [6, 6.07) is 1.14. The zero-order chi connectivity index (χ0) is 13.1. The molecule has 0 radical (unpaired) electrons. The summed E-state index contributed by atoms with van der Waals surface area (Å²) in [6.07, 6.45) is 2.85. The minimum Gasteiger partial charge on any atom is -0.347 e. The highest BCUT2D eigenvalue weighted by Crippen LogP contribution is 2.14. The van der Waals surface area contributed by atoms with Crippen LogP contribution in [0.15, 0.2) is 6.33 Å². The first-order chi connectivity index (χ1) is 8.56. The second-order valence-electron chi connectivity index (χ2n) is 6.05. The van der Waals surface area contributed by atoms with Crippen LogP contribution in [0.1, 0.15) is 39.1 Å². The van der Waals surface area contributed by atoms with Crippen molar-refractivity contribution < 1.29 is 0 Å². The fraction of sp³-hybridized carbons (Fsp3) is 0.786. The van der Waals surface area contributed by atoms with Gasteiger partial charge in [-0.25, -0.2) is 4.98 Å². The number of fused-ring (bicyclic) bond motifs is 1. The smallest absolute Gasteiger partial charge is 0.0925 e. The van der Waals surface area contributed by atoms with Gasteiger partial charge in [-0.1, -0.05) is 13.8 Å². The van der Waals surface area contributed by atoms with Crippen molar-refractivity contribution in [3.05, 3.63) is 17.7 Å². The summed E-state index contributed by atoms with van der Waals surface area (Å²) < 4.78 is 0. The van der Waals surface area contributed by atoms with Crippen LogP contribution in [0.25, 0.3) is 0 Å². The summed E-state index contributed by atoms with van der Waals surface area (Å²) in [5, 5.41) is 3.61. The Labute approximate surface area is 110 Å². The molecule has 0 bridgehead atoms. The van der Waals surface area contributed by atoms with E-state index in [4.69, 9.17) is 0 Å². The quantitative estimate of drug-likeness (QED) is 0.837. The van der Waals surface area contributed by atoms with Crippen molar-refractivity contribution in [2.24, 2.45) is 5.92 Å². The zero-order valence-electron chi connectivity index (χ0n) is 12.0. The normalized spacial score (nSPS) is 19.8. The van der Waals surface area contributed by atoms with Gasteiger partial charge < -0.3 is 10.3 Å². The number of aromatic nitrogens is 2. The van der Waals surface area contributed by atoms with Gasteiger partial charge >= 0.3 is 0 Å². The minimum absolute atomic E-state index is 0.530. The number of nitrogens with one attached hydrogen (secondary N) is 2. The number of nitrogens with zero attached hydrogens (tertiary/aromatic N) is 2. The van der Waals surface area contributed by atoms with Gasteiger partial charge in [-0.15, -0.1) is 0 Å². The number of H-pyrrole nitrogens is 1. The third-order valence-corrected chi connectivity index (χ3v) is 3.60. The molecule has 2 heterocycles. The van der Waals surface area contributed by atoms with E-state index in [2.05, 4.69) is 47.9 Å². The first kappa shape index (κ1) is 13.6. The SMILES string of the molecule is CC(C)CN(CC1Cc2nc[nH]c2CN1)C(C)C. The minimum atomic E-state index is 0.530. The van der Waals surface area contributed by atoms with Crippen LogP contribution in [-0.2, 0) is 13.0 Å². The Kier molecular flexibility index (Phi) is 4.40. The van der Waals surface area contributed by atoms with Crippen LogP contribution < -0.4 is 5.32 Å². The first-order valence-corrected chi connectivity index (χ1v) is 7.04. The molecule has 1 aliphatic rings. The van der Waals surface area contributed by atoms with E-state index in [1.54, 1.807) is 0 Å². The Morgan fingerprint density at radius 3 is 2.83 bits per heavy atom. The molecule has 4 heteroatoms. The first-order valence-electron chi connectivity index (χ1n) is 7.04. The average Bonchev–Trinajstić information content (AvgIpc) is 2.74. The molecular weight excluding hydrogens is 224 g/mol. The Morgan fingerprint density at radius 2 is 2.17 bits per heavy atom. The summed E-state index contributed by atoms with van der Waals surface area (Å²) in [5.74, 6) is 0.719. The van der Waals surface area contributed by atoms with Gasteiger partial charge in [0.1, 0.15) is 0 Å². The molecule has 18 heavy (non-hydrogen) atoms. The van der Waals surface area contributed by atoms with Crippen LogP contribution in [0.3, 0.4) is 0 Å². The van der Waals surface area contributed by atoms with Gasteiger partial charge in [-0.05, 0) is 19.8 Å². The number of hydrogen-bond donors (Lipinski definition) is 2. The lowest BCUT2D eigenvalue weighted by Gasteiger charge is -2.33. The lowest BCUT2D eigenvalue weighted by Crippen LogP contribution is -2.47. The van der Waals surface area contributed by atoms with Gasteiger partial charge in [0.05, 0.1) is 17.7 Å². The van der Waals surface area contributed by atoms with Crippen molar-refractivity contribution in [2.75, 3.05) is 13.1 Å². The number of hydrogen-bond acceptors (Lipinski definition) is 3. The van der Waals surface area contributed by atoms with E-state index in [1.165, 1.54) is 17.9 Å². The van der Waals surface area contributed by atoms with E-state index < -0.39 is 0 Å². The number of aromatic amines is 1. The zero-order valence-corrected chi connectivity index (χ0v) is 12.0. The summed E-state index contributed by atoms with van der Waals surface area (Å²) in [7, 11) is 0. The topological polar surface area (TPSA) is 44.0 Å². The number of rotatable bonds is 5. The molecule has 0 fully saturated rings. The molecule has 0 spiro atoms. The van der Waals surface area contributed by atoms with Crippen molar-refractivity contribution in [3.8, 4) is 0 Å². The van der Waals surface area contributed by atoms with Crippen molar-refractivity contribution in [3.63, 3.8) is 0 Å². The van der Waals surface area contributed by atoms with Gasteiger partial charge in [0.15, 0.2) is 0 Å². The second-order valence-corrected chi connectivity index (χ2v) is 6.05. The lowest BCUT2D eigenvalue weighted by atomic mass is 10.0. The van der Waals surface area contributed by atoms with Gasteiger partial charge in [-0.3, -0.25) is 4.90 Å². The molecular formula is C14H26N4. The van der Waals surface area contributed by atoms with Crippen LogP contribution in [0.5, 0.6) is 0 Å². The highest BCUT2D eigenvalue weighted by atomic mass is 15.2. The van der Waals surface area contributed by atoms with Crippen molar-refractivity contribution >= 4 is 0 Å². The molecule has 0 amide bonds. The van der Waals surface area contributed by atoms with Crippen LogP contribution in [0.2, 0.25) is 0 Å². The summed E-state index contributed by atoms with van der Waals surface area (Å²) in [4.78, 5) is 10.2. The fourth-order valence-corrected chi connectivity index (χ4v) is 2.61. The van der Waals surface area contributed by atoms with E-state index in [9.17, 15) is 0 Å². The van der Waals surface area contributed by atoms with Gasteiger partial charge in [0.2, 0.25) is 0 Å². The van der Waals surface area contributed by atoms with Crippen molar-refractivity contribution in [1.82, 2.24) is 20.2 Å².